The van der Waals surface area contributed by atoms with E-state index < -0.39 is 6.04 Å². The number of aromatic nitrogens is 1. The third-order valence-corrected chi connectivity index (χ3v) is 4.90. The van der Waals surface area contributed by atoms with Crippen LogP contribution in [-0.4, -0.2) is 41.8 Å². The highest BCUT2D eigenvalue weighted by Crippen LogP contribution is 2.22. The zero-order chi connectivity index (χ0) is 21.0. The van der Waals surface area contributed by atoms with Gasteiger partial charge in [-0.1, -0.05) is 62.4 Å². The topological polar surface area (TPSA) is 62.3 Å². The Kier molecular flexibility index (Phi) is 6.27. The molecule has 3 aromatic rings. The van der Waals surface area contributed by atoms with Gasteiger partial charge in [-0.05, 0) is 23.6 Å². The molecule has 1 heterocycles. The zero-order valence-corrected chi connectivity index (χ0v) is 17.3. The van der Waals surface area contributed by atoms with Gasteiger partial charge in [0.2, 0.25) is 5.91 Å². The number of carbonyl (C=O) groups is 2. The lowest BCUT2D eigenvalue weighted by Crippen LogP contribution is -2.47. The number of nitrogens with zero attached hydrogens (tertiary/aromatic N) is 2. The fraction of sp³-hybridized carbons (Fsp3) is 0.292. The van der Waals surface area contributed by atoms with Crippen LogP contribution >= 0.6 is 0 Å². The van der Waals surface area contributed by atoms with Gasteiger partial charge in [0.25, 0.3) is 5.91 Å². The fourth-order valence-electron chi connectivity index (χ4n) is 3.28. The predicted molar refractivity (Wildman–Crippen MR) is 116 cm³/mol. The second-order valence-corrected chi connectivity index (χ2v) is 7.71. The molecule has 1 atom stereocenters. The van der Waals surface area contributed by atoms with E-state index in [0.717, 1.165) is 22.2 Å². The van der Waals surface area contributed by atoms with Crippen LogP contribution in [0.1, 0.15) is 41.4 Å². The van der Waals surface area contributed by atoms with E-state index in [4.69, 9.17) is 0 Å². The van der Waals surface area contributed by atoms with Crippen molar-refractivity contribution in [3.05, 3.63) is 77.5 Å². The second-order valence-electron chi connectivity index (χ2n) is 7.71. The molecule has 0 saturated carbocycles. The average molecular weight is 389 g/mol. The summed E-state index contributed by atoms with van der Waals surface area (Å²) in [5, 5.41) is 3.75. The molecule has 2 amide bonds. The van der Waals surface area contributed by atoms with Gasteiger partial charge in [-0.15, -0.1) is 0 Å². The smallest absolute Gasteiger partial charge is 0.252 e. The van der Waals surface area contributed by atoms with Gasteiger partial charge >= 0.3 is 0 Å². The van der Waals surface area contributed by atoms with Crippen molar-refractivity contribution in [2.75, 3.05) is 14.1 Å². The van der Waals surface area contributed by atoms with E-state index in [0.29, 0.717) is 12.0 Å². The van der Waals surface area contributed by atoms with Crippen molar-refractivity contribution >= 4 is 22.7 Å². The Morgan fingerprint density at radius 3 is 2.31 bits per heavy atom. The quantitative estimate of drug-likeness (QED) is 0.698. The monoisotopic (exact) mass is 389 g/mol. The third-order valence-electron chi connectivity index (χ3n) is 4.90. The minimum atomic E-state index is -0.644. The van der Waals surface area contributed by atoms with E-state index in [1.807, 2.05) is 74.5 Å². The predicted octanol–water partition coefficient (Wildman–Crippen LogP) is 3.79. The van der Waals surface area contributed by atoms with Crippen molar-refractivity contribution < 1.29 is 9.59 Å². The Morgan fingerprint density at radius 2 is 1.66 bits per heavy atom. The molecule has 5 nitrogen and oxygen atoms in total. The molecule has 29 heavy (non-hydrogen) atoms. The highest BCUT2D eigenvalue weighted by Gasteiger charge is 2.24. The molecular weight excluding hydrogens is 362 g/mol. The average Bonchev–Trinajstić information content (AvgIpc) is 2.72. The van der Waals surface area contributed by atoms with Gasteiger partial charge in [0.15, 0.2) is 0 Å². The number of pyridine rings is 1. The minimum absolute atomic E-state index is 0.135. The van der Waals surface area contributed by atoms with Gasteiger partial charge in [-0.3, -0.25) is 14.6 Å². The number of para-hydroxylation sites is 1. The number of carbonyl (C=O) groups excluding carboxylic acids is 2. The van der Waals surface area contributed by atoms with Gasteiger partial charge in [0.05, 0.1) is 11.1 Å². The molecule has 1 N–H and O–H groups in total. The minimum Gasteiger partial charge on any atom is -0.347 e. The molecule has 0 fully saturated rings. The second kappa shape index (κ2) is 8.86. The summed E-state index contributed by atoms with van der Waals surface area (Å²) in [6.45, 7) is 4.10. The van der Waals surface area contributed by atoms with Gasteiger partial charge in [0.1, 0.15) is 6.04 Å². The van der Waals surface area contributed by atoms with Crippen LogP contribution in [0, 0.1) is 0 Å². The maximum Gasteiger partial charge on any atom is 0.252 e. The summed E-state index contributed by atoms with van der Waals surface area (Å²) in [4.78, 5) is 32.2. The molecule has 150 valence electrons. The van der Waals surface area contributed by atoms with E-state index >= 15 is 0 Å². The van der Waals surface area contributed by atoms with Crippen molar-refractivity contribution in [1.82, 2.24) is 15.2 Å². The van der Waals surface area contributed by atoms with Crippen LogP contribution < -0.4 is 5.32 Å². The van der Waals surface area contributed by atoms with Crippen LogP contribution in [0.2, 0.25) is 0 Å². The van der Waals surface area contributed by atoms with E-state index in [9.17, 15) is 9.59 Å². The molecule has 5 heteroatoms. The maximum absolute atomic E-state index is 13.3. The molecule has 3 rings (SSSR count). The van der Waals surface area contributed by atoms with E-state index in [-0.39, 0.29) is 17.7 Å². The summed E-state index contributed by atoms with van der Waals surface area (Å²) < 4.78 is 0. The van der Waals surface area contributed by atoms with Crippen molar-refractivity contribution in [2.45, 2.75) is 32.2 Å². The summed E-state index contributed by atoms with van der Waals surface area (Å²) in [5.74, 6) is -0.207. The third kappa shape index (κ3) is 4.80. The molecule has 0 aliphatic heterocycles. The van der Waals surface area contributed by atoms with E-state index in [1.165, 1.54) is 4.90 Å². The number of rotatable bonds is 6. The molecule has 1 unspecified atom stereocenters. The molecule has 0 saturated heterocycles. The van der Waals surface area contributed by atoms with Crippen molar-refractivity contribution in [3.8, 4) is 0 Å². The summed E-state index contributed by atoms with van der Waals surface area (Å²) in [6, 6.07) is 18.5. The number of nitrogens with one attached hydrogen (secondary N) is 1. The molecule has 0 bridgehead atoms. The van der Waals surface area contributed by atoms with Crippen molar-refractivity contribution in [2.24, 2.45) is 0 Å². The number of hydrogen-bond acceptors (Lipinski definition) is 3. The van der Waals surface area contributed by atoms with Gasteiger partial charge in [0, 0.05) is 31.6 Å². The Bertz CT molecular complexity index is 1010. The first-order valence-electron chi connectivity index (χ1n) is 9.82. The summed E-state index contributed by atoms with van der Waals surface area (Å²) >= 11 is 0. The van der Waals surface area contributed by atoms with Gasteiger partial charge in [-0.2, -0.15) is 0 Å². The Balaban J connectivity index is 1.96. The van der Waals surface area contributed by atoms with Crippen LogP contribution in [0.3, 0.4) is 0 Å². The van der Waals surface area contributed by atoms with Crippen molar-refractivity contribution in [3.63, 3.8) is 0 Å². The molecule has 1 aromatic heterocycles. The van der Waals surface area contributed by atoms with Crippen LogP contribution in [0.25, 0.3) is 10.9 Å². The lowest BCUT2D eigenvalue weighted by atomic mass is 10.0. The highest BCUT2D eigenvalue weighted by atomic mass is 16.2. The molecular formula is C24H27N3O2. The highest BCUT2D eigenvalue weighted by molar-refractivity contribution is 6.07. The maximum atomic E-state index is 13.3. The van der Waals surface area contributed by atoms with E-state index in [1.54, 1.807) is 14.1 Å². The standard InChI is InChI=1S/C24H27N3O2/c1-16(2)21-15-19(18-12-8-9-13-20(18)25-21)23(28)26-22(24(29)27(3)4)14-17-10-6-5-7-11-17/h5-13,15-16,22H,14H2,1-4H3,(H,26,28). The summed E-state index contributed by atoms with van der Waals surface area (Å²) in [7, 11) is 3.40. The summed E-state index contributed by atoms with van der Waals surface area (Å²) in [5.41, 5.74) is 3.18. The van der Waals surface area contributed by atoms with Crippen LogP contribution in [0.5, 0.6) is 0 Å². The number of hydrogen-bond donors (Lipinski definition) is 1. The number of amides is 2. The van der Waals surface area contributed by atoms with Gasteiger partial charge in [-0.25, -0.2) is 0 Å². The first-order chi connectivity index (χ1) is 13.9. The van der Waals surface area contributed by atoms with E-state index in [2.05, 4.69) is 10.3 Å². The number of likely N-dealkylation sites (N-methyl/N-ethyl adjacent to an activating group) is 1. The molecule has 0 spiro atoms. The summed E-state index contributed by atoms with van der Waals surface area (Å²) in [6.07, 6.45) is 0.434. The lowest BCUT2D eigenvalue weighted by molar-refractivity contribution is -0.130. The zero-order valence-electron chi connectivity index (χ0n) is 17.3. The Hall–Kier alpha value is -3.21. The van der Waals surface area contributed by atoms with Gasteiger partial charge < -0.3 is 10.2 Å². The normalized spacial score (nSPS) is 12.0. The molecule has 2 aromatic carbocycles. The molecule has 0 aliphatic rings. The number of benzene rings is 2. The fourth-order valence-corrected chi connectivity index (χ4v) is 3.28. The van der Waals surface area contributed by atoms with Crippen LogP contribution in [0.4, 0.5) is 0 Å². The first kappa shape index (κ1) is 20.5. The molecule has 0 radical (unpaired) electrons. The van der Waals surface area contributed by atoms with Crippen molar-refractivity contribution in [1.29, 1.82) is 0 Å². The van der Waals surface area contributed by atoms with Crippen LogP contribution in [-0.2, 0) is 11.2 Å². The number of fused-ring (bicyclic) bond motifs is 1. The Labute approximate surface area is 171 Å². The lowest BCUT2D eigenvalue weighted by Gasteiger charge is -2.22. The largest absolute Gasteiger partial charge is 0.347 e. The first-order valence-corrected chi connectivity index (χ1v) is 9.82. The Morgan fingerprint density at radius 1 is 1.00 bits per heavy atom. The van der Waals surface area contributed by atoms with Crippen LogP contribution in [0.15, 0.2) is 60.7 Å². The molecule has 0 aliphatic carbocycles. The SMILES string of the molecule is CC(C)c1cc(C(=O)NC(Cc2ccccc2)C(=O)N(C)C)c2ccccc2n1.